The summed E-state index contributed by atoms with van der Waals surface area (Å²) in [4.78, 5) is 10.4. The molecule has 6 heteroatoms. The van der Waals surface area contributed by atoms with E-state index in [1.54, 1.807) is 4.68 Å². The van der Waals surface area contributed by atoms with Gasteiger partial charge in [0.05, 0.1) is 11.9 Å². The monoisotopic (exact) mass is 297 g/mol. The Morgan fingerprint density at radius 3 is 3.06 bits per heavy atom. The quantitative estimate of drug-likeness (QED) is 0.908. The van der Waals surface area contributed by atoms with E-state index in [9.17, 15) is 4.79 Å². The number of aromatic nitrogens is 2. The number of benzene rings is 1. The van der Waals surface area contributed by atoms with Crippen LogP contribution in [-0.4, -0.2) is 27.4 Å². The zero-order valence-electron chi connectivity index (χ0n) is 9.27. The average molecular weight is 298 g/mol. The minimum atomic E-state index is -0.819. The number of nitrogens with zero attached hydrogens (tertiary/aromatic N) is 2. The summed E-state index contributed by atoms with van der Waals surface area (Å²) in [6.07, 6.45) is 0.0780. The molecule has 17 heavy (non-hydrogen) atoms. The number of carboxylic acids is 1. The summed E-state index contributed by atoms with van der Waals surface area (Å²) in [5.74, 6) is -0.100. The van der Waals surface area contributed by atoms with Crippen LogP contribution in [0.1, 0.15) is 6.42 Å². The van der Waals surface area contributed by atoms with Gasteiger partial charge in [0.25, 0.3) is 0 Å². The second-order valence-corrected chi connectivity index (χ2v) is 4.62. The second kappa shape index (κ2) is 4.75. The van der Waals surface area contributed by atoms with E-state index in [0.717, 1.165) is 21.2 Å². The fourth-order valence-electron chi connectivity index (χ4n) is 1.65. The van der Waals surface area contributed by atoms with Crippen LogP contribution in [0.2, 0.25) is 0 Å². The van der Waals surface area contributed by atoms with Crippen molar-refractivity contribution < 1.29 is 9.90 Å². The molecule has 1 aromatic heterocycles. The lowest BCUT2D eigenvalue weighted by Crippen LogP contribution is -2.08. The van der Waals surface area contributed by atoms with E-state index in [2.05, 4.69) is 26.3 Å². The highest BCUT2D eigenvalue weighted by molar-refractivity contribution is 9.10. The molecule has 0 atom stereocenters. The molecule has 90 valence electrons. The van der Waals surface area contributed by atoms with Gasteiger partial charge in [0.15, 0.2) is 5.82 Å². The van der Waals surface area contributed by atoms with E-state index in [1.807, 2.05) is 25.2 Å². The third kappa shape index (κ3) is 2.58. The van der Waals surface area contributed by atoms with Crippen molar-refractivity contribution in [3.8, 4) is 0 Å². The first-order valence-electron chi connectivity index (χ1n) is 5.16. The molecular weight excluding hydrogens is 286 g/mol. The Hall–Kier alpha value is -1.56. The average Bonchev–Trinajstić information content (AvgIpc) is 2.55. The molecule has 0 saturated carbocycles. The first-order chi connectivity index (χ1) is 8.08. The highest BCUT2D eigenvalue weighted by Gasteiger charge is 2.08. The Kier molecular flexibility index (Phi) is 3.33. The summed E-state index contributed by atoms with van der Waals surface area (Å²) in [7, 11) is 1.86. The summed E-state index contributed by atoms with van der Waals surface area (Å²) in [5.41, 5.74) is 0.997. The van der Waals surface area contributed by atoms with Gasteiger partial charge in [0.1, 0.15) is 0 Å². The molecule has 2 rings (SSSR count). The molecule has 0 radical (unpaired) electrons. The van der Waals surface area contributed by atoms with Crippen LogP contribution in [0.4, 0.5) is 5.82 Å². The molecule has 0 aliphatic heterocycles. The minimum Gasteiger partial charge on any atom is -0.481 e. The lowest BCUT2D eigenvalue weighted by atomic mass is 10.2. The molecule has 0 amide bonds. The predicted molar refractivity (Wildman–Crippen MR) is 69.2 cm³/mol. The van der Waals surface area contributed by atoms with Crippen molar-refractivity contribution in [1.82, 2.24) is 9.78 Å². The van der Waals surface area contributed by atoms with Gasteiger partial charge in [-0.05, 0) is 18.2 Å². The van der Waals surface area contributed by atoms with Crippen LogP contribution in [0.15, 0.2) is 22.7 Å². The van der Waals surface area contributed by atoms with Gasteiger partial charge in [-0.1, -0.05) is 15.9 Å². The van der Waals surface area contributed by atoms with Gasteiger partial charge in [-0.2, -0.15) is 5.10 Å². The van der Waals surface area contributed by atoms with Crippen molar-refractivity contribution in [3.63, 3.8) is 0 Å². The predicted octanol–water partition coefficient (Wildman–Crippen LogP) is 2.22. The summed E-state index contributed by atoms with van der Waals surface area (Å²) in [6.45, 7) is 0.373. The molecule has 0 aliphatic carbocycles. The van der Waals surface area contributed by atoms with Gasteiger partial charge in [0.2, 0.25) is 0 Å². The minimum absolute atomic E-state index is 0.0780. The van der Waals surface area contributed by atoms with E-state index < -0.39 is 5.97 Å². The van der Waals surface area contributed by atoms with Crippen molar-refractivity contribution in [2.75, 3.05) is 11.9 Å². The second-order valence-electron chi connectivity index (χ2n) is 3.70. The highest BCUT2D eigenvalue weighted by Crippen LogP contribution is 2.25. The van der Waals surface area contributed by atoms with E-state index in [4.69, 9.17) is 5.11 Å². The lowest BCUT2D eigenvalue weighted by molar-refractivity contribution is -0.136. The van der Waals surface area contributed by atoms with Crippen molar-refractivity contribution in [2.45, 2.75) is 6.42 Å². The number of aliphatic carboxylic acids is 1. The van der Waals surface area contributed by atoms with Crippen molar-refractivity contribution in [2.24, 2.45) is 7.05 Å². The van der Waals surface area contributed by atoms with Crippen LogP contribution in [0, 0.1) is 0 Å². The molecule has 0 saturated heterocycles. The standard InChI is InChI=1S/C11H12BrN3O2/c1-15-9-6-7(12)2-3-8(9)11(14-15)13-5-4-10(16)17/h2-3,6H,4-5H2,1H3,(H,13,14)(H,16,17). The van der Waals surface area contributed by atoms with Crippen LogP contribution in [-0.2, 0) is 11.8 Å². The van der Waals surface area contributed by atoms with Gasteiger partial charge in [0, 0.05) is 23.5 Å². The Labute approximate surface area is 107 Å². The number of halogens is 1. The van der Waals surface area contributed by atoms with E-state index in [0.29, 0.717) is 6.54 Å². The maximum Gasteiger partial charge on any atom is 0.305 e. The lowest BCUT2D eigenvalue weighted by Gasteiger charge is -2.00. The number of carbonyl (C=O) groups is 1. The van der Waals surface area contributed by atoms with Crippen LogP contribution < -0.4 is 5.32 Å². The number of fused-ring (bicyclic) bond motifs is 1. The fourth-order valence-corrected chi connectivity index (χ4v) is 2.00. The van der Waals surface area contributed by atoms with Gasteiger partial charge < -0.3 is 10.4 Å². The van der Waals surface area contributed by atoms with Gasteiger partial charge in [-0.15, -0.1) is 0 Å². The normalized spacial score (nSPS) is 10.7. The molecule has 0 aliphatic rings. The smallest absolute Gasteiger partial charge is 0.305 e. The first kappa shape index (κ1) is 11.9. The number of nitrogens with one attached hydrogen (secondary N) is 1. The van der Waals surface area contributed by atoms with Crippen LogP contribution in [0.3, 0.4) is 0 Å². The molecule has 1 heterocycles. The maximum absolute atomic E-state index is 10.4. The molecule has 0 spiro atoms. The first-order valence-corrected chi connectivity index (χ1v) is 5.95. The van der Waals surface area contributed by atoms with E-state index >= 15 is 0 Å². The molecule has 0 unspecified atom stereocenters. The number of carboxylic acid groups (broad SMARTS) is 1. The summed E-state index contributed by atoms with van der Waals surface area (Å²) < 4.78 is 2.76. The number of hydrogen-bond acceptors (Lipinski definition) is 3. The number of aryl methyl sites for hydroxylation is 1. The SMILES string of the molecule is Cn1nc(NCCC(=O)O)c2ccc(Br)cc21. The third-order valence-corrected chi connectivity index (χ3v) is 2.94. The Balaban J connectivity index is 2.26. The zero-order valence-corrected chi connectivity index (χ0v) is 10.9. The topological polar surface area (TPSA) is 67.2 Å². The molecule has 1 aromatic carbocycles. The molecule has 2 N–H and O–H groups in total. The summed E-state index contributed by atoms with van der Waals surface area (Å²) in [5, 5.41) is 16.9. The van der Waals surface area contributed by atoms with Gasteiger partial charge >= 0.3 is 5.97 Å². The van der Waals surface area contributed by atoms with Crippen molar-refractivity contribution in [1.29, 1.82) is 0 Å². The molecular formula is C11H12BrN3O2. The van der Waals surface area contributed by atoms with Gasteiger partial charge in [-0.3, -0.25) is 9.48 Å². The van der Waals surface area contributed by atoms with Gasteiger partial charge in [-0.25, -0.2) is 0 Å². The Bertz CT molecular complexity index is 565. The highest BCUT2D eigenvalue weighted by atomic mass is 79.9. The van der Waals surface area contributed by atoms with Crippen LogP contribution in [0.25, 0.3) is 10.9 Å². The molecule has 0 bridgehead atoms. The number of rotatable bonds is 4. The van der Waals surface area contributed by atoms with Crippen LogP contribution in [0.5, 0.6) is 0 Å². The van der Waals surface area contributed by atoms with Crippen LogP contribution >= 0.6 is 15.9 Å². The zero-order chi connectivity index (χ0) is 12.4. The molecule has 0 fully saturated rings. The fraction of sp³-hybridized carbons (Fsp3) is 0.273. The molecule has 2 aromatic rings. The summed E-state index contributed by atoms with van der Waals surface area (Å²) >= 11 is 3.41. The molecule has 5 nitrogen and oxygen atoms in total. The van der Waals surface area contributed by atoms with E-state index in [1.165, 1.54) is 0 Å². The van der Waals surface area contributed by atoms with E-state index in [-0.39, 0.29) is 6.42 Å². The van der Waals surface area contributed by atoms with Crippen molar-refractivity contribution >= 4 is 38.6 Å². The third-order valence-electron chi connectivity index (χ3n) is 2.44. The van der Waals surface area contributed by atoms with Crippen molar-refractivity contribution in [3.05, 3.63) is 22.7 Å². The Morgan fingerprint density at radius 1 is 1.59 bits per heavy atom. The maximum atomic E-state index is 10.4. The summed E-state index contributed by atoms with van der Waals surface area (Å²) in [6, 6.07) is 5.87. The number of anilines is 1. The number of hydrogen-bond donors (Lipinski definition) is 2. The largest absolute Gasteiger partial charge is 0.481 e. The Morgan fingerprint density at radius 2 is 2.35 bits per heavy atom.